The quantitative estimate of drug-likeness (QED) is 0.163. The molecule has 2 heteroatoms. The van der Waals surface area contributed by atoms with Gasteiger partial charge in [0.1, 0.15) is 0 Å². The van der Waals surface area contributed by atoms with Crippen LogP contribution >= 0.6 is 0 Å². The normalized spacial score (nSPS) is 13.7. The Kier molecular flexibility index (Phi) is 6.80. The van der Waals surface area contributed by atoms with Crippen LogP contribution in [-0.2, 0) is 38.4 Å². The Morgan fingerprint density at radius 2 is 1.06 bits per heavy atom. The average molecular weight is 789 g/mol. The molecule has 48 heavy (non-hydrogen) atoms. The molecule has 10 rings (SSSR count). The second-order valence-electron chi connectivity index (χ2n) is 13.1. The van der Waals surface area contributed by atoms with Crippen molar-refractivity contribution in [2.75, 3.05) is 0 Å². The van der Waals surface area contributed by atoms with E-state index in [1.54, 1.807) is 0 Å². The van der Waals surface area contributed by atoms with Gasteiger partial charge in [-0.05, 0) is 103 Å². The monoisotopic (exact) mass is 789 g/mol. The first-order chi connectivity index (χ1) is 23.2. The molecular weight excluding hydrogens is 759 g/mol. The maximum absolute atomic E-state index is 4.64. The van der Waals surface area contributed by atoms with E-state index in [0.29, 0.717) is 0 Å². The van der Waals surface area contributed by atoms with Crippen molar-refractivity contribution < 1.29 is 20.1 Å². The second kappa shape index (κ2) is 11.2. The summed E-state index contributed by atoms with van der Waals surface area (Å²) in [5, 5.41) is 5.13. The maximum Gasteiger partial charge on any atom is 0.0201 e. The van der Waals surface area contributed by atoms with E-state index in [1.807, 2.05) is 12.3 Å². The second-order valence-corrected chi connectivity index (χ2v) is 13.1. The number of fused-ring (bicyclic) bond motifs is 8. The topological polar surface area (TPSA) is 12.9 Å². The smallest absolute Gasteiger partial charge is 0.0201 e. The summed E-state index contributed by atoms with van der Waals surface area (Å²) in [6, 6.07) is 59.5. The van der Waals surface area contributed by atoms with E-state index < -0.39 is 0 Å². The minimum atomic E-state index is -0.162. The summed E-state index contributed by atoms with van der Waals surface area (Å²) >= 11 is 0. The van der Waals surface area contributed by atoms with Crippen molar-refractivity contribution in [1.82, 2.24) is 4.98 Å². The van der Waals surface area contributed by atoms with Gasteiger partial charge in [-0.2, -0.15) is 0 Å². The molecule has 2 aliphatic carbocycles. The number of nitrogens with zero attached hydrogens (tertiary/aromatic N) is 1. The van der Waals surface area contributed by atoms with E-state index in [-0.39, 0.29) is 25.5 Å². The van der Waals surface area contributed by atoms with Crippen molar-refractivity contribution in [3.05, 3.63) is 186 Å². The molecule has 8 aromatic rings. The van der Waals surface area contributed by atoms with Crippen molar-refractivity contribution in [3.8, 4) is 44.6 Å². The van der Waals surface area contributed by atoms with E-state index in [1.165, 1.54) is 77.2 Å². The molecule has 0 aliphatic heterocycles. The summed E-state index contributed by atoms with van der Waals surface area (Å²) in [5.74, 6) is 0. The van der Waals surface area contributed by atoms with Gasteiger partial charge in [0.25, 0.3) is 0 Å². The van der Waals surface area contributed by atoms with Gasteiger partial charge in [-0.1, -0.05) is 121 Å². The van der Waals surface area contributed by atoms with Crippen LogP contribution < -0.4 is 0 Å². The van der Waals surface area contributed by atoms with Crippen LogP contribution in [0.5, 0.6) is 0 Å². The molecule has 1 spiro atoms. The standard InChI is InChI=1S/C46H30N.Ir/c1-3-13-37-30(9-1)11-7-15-39(37)32-20-22-41-42-23-21-33(40-16-8-12-31-10-2-4-14-38(31)40)27-44(42)46(43(41)26-32)28-35-19-18-34(25-36(35)29-46)45-17-5-6-24-47-45;/h1-17,19-27H,28-29H2;/q-1;. The summed E-state index contributed by atoms with van der Waals surface area (Å²) in [6.07, 6.45) is 3.78. The zero-order valence-corrected chi connectivity index (χ0v) is 28.6. The molecule has 7 aromatic carbocycles. The Balaban J connectivity index is 0.00000314. The number of hydrogen-bond donors (Lipinski definition) is 0. The zero-order valence-electron chi connectivity index (χ0n) is 26.2. The van der Waals surface area contributed by atoms with E-state index >= 15 is 0 Å². The molecule has 1 aromatic heterocycles. The molecule has 1 nitrogen and oxygen atoms in total. The molecule has 0 saturated heterocycles. The fourth-order valence-electron chi connectivity index (χ4n) is 8.44. The molecule has 229 valence electrons. The molecule has 0 saturated carbocycles. The summed E-state index contributed by atoms with van der Waals surface area (Å²) in [5.41, 5.74) is 15.4. The summed E-state index contributed by atoms with van der Waals surface area (Å²) in [7, 11) is 0. The van der Waals surface area contributed by atoms with Gasteiger partial charge < -0.3 is 4.98 Å². The molecule has 1 heterocycles. The number of pyridine rings is 1. The minimum Gasteiger partial charge on any atom is -0.305 e. The molecule has 0 N–H and O–H groups in total. The molecular formula is C46H30IrN-. The predicted molar refractivity (Wildman–Crippen MR) is 194 cm³/mol. The van der Waals surface area contributed by atoms with Gasteiger partial charge in [0, 0.05) is 31.7 Å². The molecule has 0 amide bonds. The van der Waals surface area contributed by atoms with Crippen LogP contribution in [0.1, 0.15) is 22.3 Å². The van der Waals surface area contributed by atoms with Crippen molar-refractivity contribution in [2.24, 2.45) is 0 Å². The predicted octanol–water partition coefficient (Wildman–Crippen LogP) is 11.3. The molecule has 1 radical (unpaired) electrons. The van der Waals surface area contributed by atoms with E-state index in [2.05, 4.69) is 157 Å². The van der Waals surface area contributed by atoms with Crippen LogP contribution in [0.15, 0.2) is 158 Å². The average Bonchev–Trinajstić information content (AvgIpc) is 3.65. The summed E-state index contributed by atoms with van der Waals surface area (Å²) in [4.78, 5) is 4.64. The third-order valence-electron chi connectivity index (χ3n) is 10.6. The van der Waals surface area contributed by atoms with Gasteiger partial charge >= 0.3 is 0 Å². The molecule has 0 atom stereocenters. The van der Waals surface area contributed by atoms with Crippen LogP contribution in [-0.4, -0.2) is 4.98 Å². The third kappa shape index (κ3) is 4.37. The Bertz CT molecular complexity index is 2390. The van der Waals surface area contributed by atoms with Crippen molar-refractivity contribution in [1.29, 1.82) is 0 Å². The van der Waals surface area contributed by atoms with Gasteiger partial charge in [-0.25, -0.2) is 0 Å². The summed E-state index contributed by atoms with van der Waals surface area (Å²) in [6.45, 7) is 0. The number of hydrogen-bond acceptors (Lipinski definition) is 1. The van der Waals surface area contributed by atoms with E-state index in [0.717, 1.165) is 24.1 Å². The first-order valence-corrected chi connectivity index (χ1v) is 16.5. The minimum absolute atomic E-state index is 0. The van der Waals surface area contributed by atoms with Crippen molar-refractivity contribution in [2.45, 2.75) is 18.3 Å². The van der Waals surface area contributed by atoms with Crippen LogP contribution in [0, 0.1) is 6.07 Å². The van der Waals surface area contributed by atoms with Crippen LogP contribution in [0.2, 0.25) is 0 Å². The van der Waals surface area contributed by atoms with Gasteiger partial charge in [0.05, 0.1) is 0 Å². The zero-order chi connectivity index (χ0) is 31.0. The number of aromatic nitrogens is 1. The Hall–Kier alpha value is -5.14. The molecule has 2 aliphatic rings. The maximum atomic E-state index is 4.64. The molecule has 0 bridgehead atoms. The largest absolute Gasteiger partial charge is 0.305 e. The first-order valence-electron chi connectivity index (χ1n) is 16.5. The van der Waals surface area contributed by atoms with Gasteiger partial charge in [-0.3, -0.25) is 0 Å². The summed E-state index contributed by atoms with van der Waals surface area (Å²) < 4.78 is 0. The Labute approximate surface area is 294 Å². The number of rotatable bonds is 3. The number of benzene rings is 7. The van der Waals surface area contributed by atoms with Gasteiger partial charge in [0.15, 0.2) is 0 Å². The molecule has 0 unspecified atom stereocenters. The fraction of sp³-hybridized carbons (Fsp3) is 0.0652. The van der Waals surface area contributed by atoms with Gasteiger partial charge in [0.2, 0.25) is 0 Å². The van der Waals surface area contributed by atoms with Crippen LogP contribution in [0.4, 0.5) is 0 Å². The van der Waals surface area contributed by atoms with Crippen LogP contribution in [0.25, 0.3) is 66.2 Å². The van der Waals surface area contributed by atoms with E-state index in [9.17, 15) is 0 Å². The fourth-order valence-corrected chi connectivity index (χ4v) is 8.44. The Morgan fingerprint density at radius 3 is 1.67 bits per heavy atom. The van der Waals surface area contributed by atoms with Gasteiger partial charge in [-0.15, -0.1) is 34.9 Å². The van der Waals surface area contributed by atoms with Crippen molar-refractivity contribution >= 4 is 21.5 Å². The molecule has 0 fully saturated rings. The van der Waals surface area contributed by atoms with E-state index in [4.69, 9.17) is 0 Å². The van der Waals surface area contributed by atoms with Crippen molar-refractivity contribution in [3.63, 3.8) is 0 Å². The van der Waals surface area contributed by atoms with Crippen LogP contribution in [0.3, 0.4) is 0 Å². The third-order valence-corrected chi connectivity index (χ3v) is 10.6. The SMILES string of the molecule is [Ir].[c-]1cc2c(cc1-c1ccccn1)CC1(C2)c2cc(-c3cccc4ccccc34)ccc2-c2ccc(-c3cccc4ccccc34)cc21. The first kappa shape index (κ1) is 29.0. The Morgan fingerprint density at radius 1 is 0.500 bits per heavy atom.